The molecule has 2 aliphatic heterocycles. The van der Waals surface area contributed by atoms with Crippen LogP contribution in [0.3, 0.4) is 0 Å². The summed E-state index contributed by atoms with van der Waals surface area (Å²) in [6, 6.07) is 15.7. The molecule has 1 unspecified atom stereocenters. The topological polar surface area (TPSA) is 35.6 Å². The Morgan fingerprint density at radius 3 is 2.61 bits per heavy atom. The number of amides is 2. The van der Waals surface area contributed by atoms with E-state index in [9.17, 15) is 4.79 Å². The third-order valence-electron chi connectivity index (χ3n) is 4.59. The normalized spacial score (nSPS) is 19.3. The fraction of sp³-hybridized carbons (Fsp3) is 0.278. The van der Waals surface area contributed by atoms with Gasteiger partial charge < -0.3 is 10.2 Å². The van der Waals surface area contributed by atoms with E-state index in [0.29, 0.717) is 11.1 Å². The minimum Gasteiger partial charge on any atom is -0.365 e. The summed E-state index contributed by atoms with van der Waals surface area (Å²) < 4.78 is 0. The van der Waals surface area contributed by atoms with Crippen LogP contribution in [0.25, 0.3) is 0 Å². The van der Waals surface area contributed by atoms with Gasteiger partial charge in [-0.05, 0) is 49.2 Å². The number of nitrogens with one attached hydrogen (secondary N) is 1. The molecule has 4 nitrogen and oxygen atoms in total. The van der Waals surface area contributed by atoms with E-state index in [1.807, 2.05) is 35.2 Å². The summed E-state index contributed by atoms with van der Waals surface area (Å²) >= 11 is 5.90. The zero-order valence-electron chi connectivity index (χ0n) is 12.7. The highest BCUT2D eigenvalue weighted by Crippen LogP contribution is 2.39. The number of halogens is 1. The first kappa shape index (κ1) is 14.4. The van der Waals surface area contributed by atoms with Crippen LogP contribution in [0.1, 0.15) is 12.8 Å². The molecule has 2 heterocycles. The van der Waals surface area contributed by atoms with Crippen molar-refractivity contribution in [3.05, 3.63) is 53.6 Å². The molecular formula is C18H18ClN3O. The first-order valence-electron chi connectivity index (χ1n) is 7.92. The number of carbonyl (C=O) groups excluding carboxylic acids is 1. The maximum absolute atomic E-state index is 12.8. The van der Waals surface area contributed by atoms with Gasteiger partial charge in [0.15, 0.2) is 0 Å². The number of fused-ring (bicyclic) bond motifs is 3. The van der Waals surface area contributed by atoms with E-state index >= 15 is 0 Å². The summed E-state index contributed by atoms with van der Waals surface area (Å²) in [6.45, 7) is 1.81. The van der Waals surface area contributed by atoms with Gasteiger partial charge in [-0.25, -0.2) is 4.79 Å². The van der Waals surface area contributed by atoms with Crippen molar-refractivity contribution in [3.63, 3.8) is 0 Å². The van der Waals surface area contributed by atoms with Gasteiger partial charge in [0.05, 0.1) is 11.4 Å². The molecule has 1 N–H and O–H groups in total. The molecule has 5 heteroatoms. The van der Waals surface area contributed by atoms with Crippen molar-refractivity contribution in [2.24, 2.45) is 0 Å². The molecule has 0 aromatic heterocycles. The number of rotatable bonds is 1. The number of benzene rings is 2. The predicted molar refractivity (Wildman–Crippen MR) is 94.6 cm³/mol. The number of nitrogens with zero attached hydrogens (tertiary/aromatic N) is 2. The first-order valence-corrected chi connectivity index (χ1v) is 8.30. The third kappa shape index (κ3) is 2.63. The quantitative estimate of drug-likeness (QED) is 0.844. The zero-order valence-corrected chi connectivity index (χ0v) is 13.5. The van der Waals surface area contributed by atoms with E-state index in [4.69, 9.17) is 11.6 Å². The molecule has 1 fully saturated rings. The van der Waals surface area contributed by atoms with E-state index in [0.717, 1.165) is 36.6 Å². The van der Waals surface area contributed by atoms with Gasteiger partial charge in [0.25, 0.3) is 0 Å². The molecule has 2 amide bonds. The lowest BCUT2D eigenvalue weighted by atomic mass is 10.1. The smallest absolute Gasteiger partial charge is 0.326 e. The Morgan fingerprint density at radius 2 is 1.83 bits per heavy atom. The highest BCUT2D eigenvalue weighted by molar-refractivity contribution is 6.30. The van der Waals surface area contributed by atoms with Gasteiger partial charge in [-0.2, -0.15) is 0 Å². The molecule has 0 spiro atoms. The van der Waals surface area contributed by atoms with Crippen LogP contribution in [0, 0.1) is 0 Å². The number of anilines is 3. The van der Waals surface area contributed by atoms with Crippen molar-refractivity contribution >= 4 is 34.7 Å². The molecule has 0 bridgehead atoms. The predicted octanol–water partition coefficient (Wildman–Crippen LogP) is 4.36. The van der Waals surface area contributed by atoms with Gasteiger partial charge >= 0.3 is 6.03 Å². The standard InChI is InChI=1S/C18H18ClN3O/c19-13-7-9-14(10-8-13)20-18(23)22-12-15-4-3-11-21(15)16-5-1-2-6-17(16)22/h1-2,5-10,15H,3-4,11-12H2,(H,20,23). The van der Waals surface area contributed by atoms with Gasteiger partial charge in [0, 0.05) is 29.8 Å². The summed E-state index contributed by atoms with van der Waals surface area (Å²) in [5, 5.41) is 3.63. The van der Waals surface area contributed by atoms with Crippen LogP contribution in [0.5, 0.6) is 0 Å². The van der Waals surface area contributed by atoms with Gasteiger partial charge in [0.2, 0.25) is 0 Å². The second kappa shape index (κ2) is 5.78. The number of urea groups is 1. The van der Waals surface area contributed by atoms with Gasteiger partial charge in [-0.15, -0.1) is 0 Å². The molecule has 2 aromatic rings. The maximum atomic E-state index is 12.8. The molecule has 118 valence electrons. The Morgan fingerprint density at radius 1 is 1.09 bits per heavy atom. The monoisotopic (exact) mass is 327 g/mol. The number of carbonyl (C=O) groups is 1. The van der Waals surface area contributed by atoms with Crippen LogP contribution in [0.2, 0.25) is 5.02 Å². The highest BCUT2D eigenvalue weighted by Gasteiger charge is 2.36. The van der Waals surface area contributed by atoms with Crippen LogP contribution in [0.4, 0.5) is 21.9 Å². The fourth-order valence-corrected chi connectivity index (χ4v) is 3.63. The number of para-hydroxylation sites is 2. The Hall–Kier alpha value is -2.20. The van der Waals surface area contributed by atoms with Crippen molar-refractivity contribution in [2.45, 2.75) is 18.9 Å². The van der Waals surface area contributed by atoms with Gasteiger partial charge in [-0.1, -0.05) is 23.7 Å². The Balaban J connectivity index is 1.62. The van der Waals surface area contributed by atoms with Crippen molar-refractivity contribution in [1.29, 1.82) is 0 Å². The van der Waals surface area contributed by atoms with E-state index in [1.165, 1.54) is 6.42 Å². The van der Waals surface area contributed by atoms with Gasteiger partial charge in [-0.3, -0.25) is 4.90 Å². The van der Waals surface area contributed by atoms with Crippen LogP contribution in [0.15, 0.2) is 48.5 Å². The molecule has 0 radical (unpaired) electrons. The summed E-state index contributed by atoms with van der Waals surface area (Å²) in [7, 11) is 0. The molecule has 2 aromatic carbocycles. The first-order chi connectivity index (χ1) is 11.2. The molecule has 23 heavy (non-hydrogen) atoms. The summed E-state index contributed by atoms with van der Waals surface area (Å²) in [4.78, 5) is 17.1. The van der Waals surface area contributed by atoms with Crippen molar-refractivity contribution in [2.75, 3.05) is 28.2 Å². The summed E-state index contributed by atoms with van der Waals surface area (Å²) in [5.74, 6) is 0. The van der Waals surface area contributed by atoms with Crippen molar-refractivity contribution in [1.82, 2.24) is 0 Å². The zero-order chi connectivity index (χ0) is 15.8. The van der Waals surface area contributed by atoms with E-state index in [2.05, 4.69) is 16.3 Å². The lowest BCUT2D eigenvalue weighted by molar-refractivity contribution is 0.256. The minimum absolute atomic E-state index is 0.0914. The Bertz CT molecular complexity index is 731. The van der Waals surface area contributed by atoms with Crippen LogP contribution < -0.4 is 15.1 Å². The summed E-state index contributed by atoms with van der Waals surface area (Å²) in [5.41, 5.74) is 2.90. The molecule has 4 rings (SSSR count). The largest absolute Gasteiger partial charge is 0.365 e. The molecule has 0 saturated carbocycles. The lowest BCUT2D eigenvalue weighted by Gasteiger charge is -2.40. The van der Waals surface area contributed by atoms with E-state index in [-0.39, 0.29) is 6.03 Å². The third-order valence-corrected chi connectivity index (χ3v) is 4.85. The highest BCUT2D eigenvalue weighted by atomic mass is 35.5. The Labute approximate surface area is 140 Å². The number of hydrogen-bond acceptors (Lipinski definition) is 2. The average Bonchev–Trinajstić information content (AvgIpc) is 3.05. The van der Waals surface area contributed by atoms with Crippen LogP contribution in [-0.2, 0) is 0 Å². The molecular weight excluding hydrogens is 310 g/mol. The fourth-order valence-electron chi connectivity index (χ4n) is 3.50. The SMILES string of the molecule is O=C(Nc1ccc(Cl)cc1)N1CC2CCCN2c2ccccc21. The average molecular weight is 328 g/mol. The minimum atomic E-state index is -0.0914. The second-order valence-electron chi connectivity index (χ2n) is 6.03. The molecule has 1 atom stereocenters. The molecule has 0 aliphatic carbocycles. The van der Waals surface area contributed by atoms with Gasteiger partial charge in [0.1, 0.15) is 0 Å². The second-order valence-corrected chi connectivity index (χ2v) is 6.46. The molecule has 1 saturated heterocycles. The van der Waals surface area contributed by atoms with E-state index < -0.39 is 0 Å². The van der Waals surface area contributed by atoms with Crippen molar-refractivity contribution in [3.8, 4) is 0 Å². The summed E-state index contributed by atoms with van der Waals surface area (Å²) in [6.07, 6.45) is 2.32. The lowest BCUT2D eigenvalue weighted by Crippen LogP contribution is -2.49. The van der Waals surface area contributed by atoms with Crippen LogP contribution >= 0.6 is 11.6 Å². The van der Waals surface area contributed by atoms with Crippen LogP contribution in [-0.4, -0.2) is 25.2 Å². The number of hydrogen-bond donors (Lipinski definition) is 1. The maximum Gasteiger partial charge on any atom is 0.326 e. The molecule has 2 aliphatic rings. The van der Waals surface area contributed by atoms with Crippen molar-refractivity contribution < 1.29 is 4.79 Å². The van der Waals surface area contributed by atoms with E-state index in [1.54, 1.807) is 12.1 Å². The Kier molecular flexibility index (Phi) is 3.62.